The number of aromatic amines is 1. The number of aryl methyl sites for hydroxylation is 1. The van der Waals surface area contributed by atoms with Gasteiger partial charge in [-0.1, -0.05) is 0 Å². The van der Waals surface area contributed by atoms with Gasteiger partial charge in [0, 0.05) is 31.4 Å². The molecule has 27 heavy (non-hydrogen) atoms. The minimum absolute atomic E-state index is 0.277. The van der Waals surface area contributed by atoms with Gasteiger partial charge in [0.15, 0.2) is 17.0 Å². The monoisotopic (exact) mass is 364 g/mol. The van der Waals surface area contributed by atoms with Crippen LogP contribution in [0.3, 0.4) is 0 Å². The van der Waals surface area contributed by atoms with Gasteiger partial charge in [0.05, 0.1) is 17.6 Å². The van der Waals surface area contributed by atoms with E-state index in [0.29, 0.717) is 6.04 Å². The van der Waals surface area contributed by atoms with Gasteiger partial charge in [-0.25, -0.2) is 9.97 Å². The molecule has 0 radical (unpaired) electrons. The molecule has 3 aromatic heterocycles. The van der Waals surface area contributed by atoms with E-state index in [1.165, 1.54) is 0 Å². The van der Waals surface area contributed by atoms with Gasteiger partial charge in [0.2, 0.25) is 0 Å². The van der Waals surface area contributed by atoms with Crippen LogP contribution >= 0.6 is 0 Å². The molecule has 0 spiro atoms. The Hall–Kier alpha value is -2.74. The maximum atomic E-state index is 6.09. The molecule has 2 atom stereocenters. The summed E-state index contributed by atoms with van der Waals surface area (Å²) in [4.78, 5) is 18.5. The maximum Gasteiger partial charge on any atom is 0.183 e. The molecule has 3 N–H and O–H groups in total. The average Bonchev–Trinajstić information content (AvgIpc) is 3.10. The van der Waals surface area contributed by atoms with E-state index < -0.39 is 0 Å². The van der Waals surface area contributed by atoms with Crippen LogP contribution in [0.15, 0.2) is 24.5 Å². The fraction of sp³-hybridized carbons (Fsp3) is 0.474. The highest BCUT2D eigenvalue weighted by molar-refractivity contribution is 5.87. The van der Waals surface area contributed by atoms with E-state index in [-0.39, 0.29) is 6.04 Å². The highest BCUT2D eigenvalue weighted by Crippen LogP contribution is 2.34. The normalized spacial score (nSPS) is 22.9. The Morgan fingerprint density at radius 1 is 1.26 bits per heavy atom. The summed E-state index contributed by atoms with van der Waals surface area (Å²) in [5.74, 6) is 1.71. The number of piperidine rings is 1. The highest BCUT2D eigenvalue weighted by Gasteiger charge is 2.27. The molecule has 0 saturated carbocycles. The molecule has 1 fully saturated rings. The van der Waals surface area contributed by atoms with Crippen molar-refractivity contribution in [3.05, 3.63) is 30.2 Å². The van der Waals surface area contributed by atoms with Gasteiger partial charge < -0.3 is 15.5 Å². The second-order valence-corrected chi connectivity index (χ2v) is 7.52. The topological polar surface area (TPSA) is 99.9 Å². The quantitative estimate of drug-likeness (QED) is 0.718. The number of nitrogens with two attached hydrogens (primary N) is 1. The first-order valence-electron chi connectivity index (χ1n) is 9.65. The average molecular weight is 364 g/mol. The lowest BCUT2D eigenvalue weighted by Crippen LogP contribution is -2.46. The summed E-state index contributed by atoms with van der Waals surface area (Å²) in [5, 5.41) is 7.63. The third kappa shape index (κ3) is 2.80. The molecule has 0 aliphatic carbocycles. The summed E-state index contributed by atoms with van der Waals surface area (Å²) in [6.45, 7) is 4.01. The lowest BCUT2D eigenvalue weighted by Gasteiger charge is -2.37. The summed E-state index contributed by atoms with van der Waals surface area (Å²) in [6, 6.07) is 4.71. The maximum absolute atomic E-state index is 6.09. The lowest BCUT2D eigenvalue weighted by atomic mass is 9.99. The third-order valence-electron chi connectivity index (χ3n) is 5.66. The van der Waals surface area contributed by atoms with Crippen molar-refractivity contribution in [2.24, 2.45) is 5.73 Å². The van der Waals surface area contributed by atoms with Gasteiger partial charge in [0.25, 0.3) is 0 Å². The molecule has 3 aromatic rings. The summed E-state index contributed by atoms with van der Waals surface area (Å²) < 4.78 is 0. The van der Waals surface area contributed by atoms with E-state index in [0.717, 1.165) is 73.0 Å². The van der Waals surface area contributed by atoms with E-state index in [9.17, 15) is 0 Å². The molecule has 2 aliphatic rings. The van der Waals surface area contributed by atoms with Gasteiger partial charge in [-0.2, -0.15) is 5.10 Å². The molecule has 8 nitrogen and oxygen atoms in total. The zero-order valence-electron chi connectivity index (χ0n) is 15.5. The Kier molecular flexibility index (Phi) is 3.93. The first-order chi connectivity index (χ1) is 13.2. The largest absolute Gasteiger partial charge is 0.352 e. The highest BCUT2D eigenvalue weighted by atomic mass is 15.3. The number of fused-ring (bicyclic) bond motifs is 2. The molecule has 0 aromatic carbocycles. The van der Waals surface area contributed by atoms with Gasteiger partial charge in [-0.3, -0.25) is 10.1 Å². The van der Waals surface area contributed by atoms with Gasteiger partial charge in [0.1, 0.15) is 5.82 Å². The van der Waals surface area contributed by atoms with Gasteiger partial charge in [-0.15, -0.1) is 0 Å². The fourth-order valence-corrected chi connectivity index (χ4v) is 4.27. The molecule has 5 heterocycles. The van der Waals surface area contributed by atoms with E-state index in [2.05, 4.69) is 38.0 Å². The van der Waals surface area contributed by atoms with Crippen LogP contribution in [-0.4, -0.2) is 50.3 Å². The Morgan fingerprint density at radius 2 is 2.19 bits per heavy atom. The first-order valence-corrected chi connectivity index (χ1v) is 9.65. The van der Waals surface area contributed by atoms with Crippen LogP contribution in [0.25, 0.3) is 11.2 Å². The Morgan fingerprint density at radius 3 is 3.07 bits per heavy atom. The van der Waals surface area contributed by atoms with E-state index in [1.54, 1.807) is 0 Å². The number of nitrogens with zero attached hydrogens (tertiary/aromatic N) is 6. The predicted molar refractivity (Wildman–Crippen MR) is 105 cm³/mol. The van der Waals surface area contributed by atoms with E-state index in [4.69, 9.17) is 15.7 Å². The van der Waals surface area contributed by atoms with E-state index in [1.807, 2.05) is 18.5 Å². The zero-order chi connectivity index (χ0) is 18.4. The minimum Gasteiger partial charge on any atom is -0.352 e. The molecular weight excluding hydrogens is 340 g/mol. The number of aromatic nitrogens is 5. The molecule has 5 rings (SSSR count). The Bertz CT molecular complexity index is 967. The number of hydrogen-bond acceptors (Lipinski definition) is 7. The van der Waals surface area contributed by atoms with Crippen LogP contribution in [0.4, 0.5) is 17.3 Å². The Balaban J connectivity index is 1.50. The van der Waals surface area contributed by atoms with Crippen molar-refractivity contribution in [2.45, 2.75) is 44.7 Å². The third-order valence-corrected chi connectivity index (χ3v) is 5.66. The van der Waals surface area contributed by atoms with Crippen molar-refractivity contribution < 1.29 is 0 Å². The van der Waals surface area contributed by atoms with Crippen LogP contribution in [0.1, 0.15) is 31.9 Å². The smallest absolute Gasteiger partial charge is 0.183 e. The summed E-state index contributed by atoms with van der Waals surface area (Å²) in [6.07, 6.45) is 7.72. The summed E-state index contributed by atoms with van der Waals surface area (Å²) >= 11 is 0. The molecule has 8 heteroatoms. The molecule has 140 valence electrons. The zero-order valence-corrected chi connectivity index (χ0v) is 15.5. The molecular formula is C19H24N8. The second-order valence-electron chi connectivity index (χ2n) is 7.52. The van der Waals surface area contributed by atoms with Crippen molar-refractivity contribution in [2.75, 3.05) is 22.9 Å². The standard InChI is InChI=1S/C19H24N8/c1-12-10-13(20)6-9-26(12)16-11-22-17-18(23-16)24-25-19(17)27-8-3-4-14-15(27)5-2-7-21-14/h2,5,7,11-13H,3-4,6,8-10,20H2,1H3,(H,23,24,25)/t12-,13+/m0/s1. The molecule has 1 saturated heterocycles. The number of nitrogens with one attached hydrogen (secondary N) is 1. The number of hydrogen-bond donors (Lipinski definition) is 2. The molecule has 0 bridgehead atoms. The SMILES string of the molecule is C[C@H]1C[C@H](N)CCN1c1cnc2c(N3CCCc4ncccc43)n[nH]c2n1. The Labute approximate surface area is 157 Å². The molecule has 2 aliphatic heterocycles. The van der Waals surface area contributed by atoms with Crippen LogP contribution in [0.5, 0.6) is 0 Å². The minimum atomic E-state index is 0.277. The number of H-pyrrole nitrogens is 1. The van der Waals surface area contributed by atoms with Crippen LogP contribution in [0, 0.1) is 0 Å². The van der Waals surface area contributed by atoms with Gasteiger partial charge >= 0.3 is 0 Å². The molecule has 0 unspecified atom stereocenters. The van der Waals surface area contributed by atoms with Crippen molar-refractivity contribution in [1.29, 1.82) is 0 Å². The van der Waals surface area contributed by atoms with E-state index >= 15 is 0 Å². The second kappa shape index (κ2) is 6.45. The van der Waals surface area contributed by atoms with Crippen LogP contribution in [0.2, 0.25) is 0 Å². The predicted octanol–water partition coefficient (Wildman–Crippen LogP) is 2.15. The molecule has 0 amide bonds. The number of anilines is 3. The lowest BCUT2D eigenvalue weighted by molar-refractivity contribution is 0.427. The van der Waals surface area contributed by atoms with Gasteiger partial charge in [-0.05, 0) is 44.7 Å². The van der Waals surface area contributed by atoms with Crippen molar-refractivity contribution in [3.63, 3.8) is 0 Å². The fourth-order valence-electron chi connectivity index (χ4n) is 4.27. The van der Waals surface area contributed by atoms with Crippen LogP contribution in [-0.2, 0) is 6.42 Å². The van der Waals surface area contributed by atoms with Crippen molar-refractivity contribution >= 4 is 28.5 Å². The van der Waals surface area contributed by atoms with Crippen molar-refractivity contribution in [1.82, 2.24) is 25.1 Å². The first kappa shape index (κ1) is 16.4. The summed E-state index contributed by atoms with van der Waals surface area (Å²) in [7, 11) is 0. The number of rotatable bonds is 2. The number of pyridine rings is 1. The summed E-state index contributed by atoms with van der Waals surface area (Å²) in [5.41, 5.74) is 9.84. The van der Waals surface area contributed by atoms with Crippen molar-refractivity contribution in [3.8, 4) is 0 Å². The van der Waals surface area contributed by atoms with Crippen LogP contribution < -0.4 is 15.5 Å².